The first-order chi connectivity index (χ1) is 9.20. The summed E-state index contributed by atoms with van der Waals surface area (Å²) < 4.78 is 24.9. The van der Waals surface area contributed by atoms with Gasteiger partial charge in [0.15, 0.2) is 0 Å². The summed E-state index contributed by atoms with van der Waals surface area (Å²) in [5.41, 5.74) is 3.42. The summed E-state index contributed by atoms with van der Waals surface area (Å²) in [5.74, 6) is 0. The lowest BCUT2D eigenvalue weighted by atomic mass is 10.1. The van der Waals surface area contributed by atoms with Crippen LogP contribution in [-0.4, -0.2) is 0 Å². The van der Waals surface area contributed by atoms with Crippen LogP contribution < -0.4 is 5.32 Å². The SMILES string of the molecule is CCc1ccccc1NCc1ccc(C(F)F)cc1. The average molecular weight is 261 g/mol. The van der Waals surface area contributed by atoms with Gasteiger partial charge in [-0.25, -0.2) is 8.78 Å². The van der Waals surface area contributed by atoms with E-state index in [4.69, 9.17) is 0 Å². The van der Waals surface area contributed by atoms with Gasteiger partial charge in [-0.3, -0.25) is 0 Å². The summed E-state index contributed by atoms with van der Waals surface area (Å²) in [4.78, 5) is 0. The van der Waals surface area contributed by atoms with Gasteiger partial charge in [-0.2, -0.15) is 0 Å². The lowest BCUT2D eigenvalue weighted by Crippen LogP contribution is -2.02. The number of halogens is 2. The minimum Gasteiger partial charge on any atom is -0.381 e. The number of hydrogen-bond donors (Lipinski definition) is 1. The highest BCUT2D eigenvalue weighted by Crippen LogP contribution is 2.20. The highest BCUT2D eigenvalue weighted by molar-refractivity contribution is 5.51. The fourth-order valence-corrected chi connectivity index (χ4v) is 1.98. The topological polar surface area (TPSA) is 12.0 Å². The molecule has 0 aromatic heterocycles. The Morgan fingerprint density at radius 3 is 2.32 bits per heavy atom. The van der Waals surface area contributed by atoms with Gasteiger partial charge in [0.25, 0.3) is 6.43 Å². The van der Waals surface area contributed by atoms with E-state index in [1.807, 2.05) is 18.2 Å². The van der Waals surface area contributed by atoms with Crippen LogP contribution in [0.1, 0.15) is 30.0 Å². The molecule has 0 radical (unpaired) electrons. The molecular formula is C16H17F2N. The van der Waals surface area contributed by atoms with Gasteiger partial charge in [0.1, 0.15) is 0 Å². The number of hydrogen-bond acceptors (Lipinski definition) is 1. The predicted octanol–water partition coefficient (Wildman–Crippen LogP) is 4.80. The number of para-hydroxylation sites is 1. The van der Waals surface area contributed by atoms with E-state index in [2.05, 4.69) is 18.3 Å². The Labute approximate surface area is 112 Å². The summed E-state index contributed by atoms with van der Waals surface area (Å²) in [5, 5.41) is 3.34. The number of aryl methyl sites for hydroxylation is 1. The van der Waals surface area contributed by atoms with E-state index in [-0.39, 0.29) is 5.56 Å². The fraction of sp³-hybridized carbons (Fsp3) is 0.250. The van der Waals surface area contributed by atoms with E-state index in [0.717, 1.165) is 17.7 Å². The second-order valence-electron chi connectivity index (χ2n) is 4.41. The van der Waals surface area contributed by atoms with Gasteiger partial charge in [-0.15, -0.1) is 0 Å². The second kappa shape index (κ2) is 6.32. The van der Waals surface area contributed by atoms with Crippen LogP contribution in [0.25, 0.3) is 0 Å². The van der Waals surface area contributed by atoms with E-state index in [9.17, 15) is 8.78 Å². The fourth-order valence-electron chi connectivity index (χ4n) is 1.98. The van der Waals surface area contributed by atoms with Crippen molar-refractivity contribution in [1.29, 1.82) is 0 Å². The van der Waals surface area contributed by atoms with Crippen molar-refractivity contribution in [2.45, 2.75) is 26.3 Å². The van der Waals surface area contributed by atoms with Crippen molar-refractivity contribution in [3.8, 4) is 0 Å². The van der Waals surface area contributed by atoms with Crippen LogP contribution in [0.5, 0.6) is 0 Å². The van der Waals surface area contributed by atoms with Gasteiger partial charge in [0.05, 0.1) is 0 Å². The monoisotopic (exact) mass is 261 g/mol. The van der Waals surface area contributed by atoms with Crippen molar-refractivity contribution >= 4 is 5.69 Å². The number of benzene rings is 2. The third kappa shape index (κ3) is 3.53. The molecule has 0 aliphatic carbocycles. The average Bonchev–Trinajstić information content (AvgIpc) is 2.45. The zero-order valence-electron chi connectivity index (χ0n) is 10.9. The lowest BCUT2D eigenvalue weighted by Gasteiger charge is -2.11. The summed E-state index contributed by atoms with van der Waals surface area (Å²) in [7, 11) is 0. The van der Waals surface area contributed by atoms with E-state index in [1.54, 1.807) is 12.1 Å². The molecule has 0 saturated carbocycles. The Bertz CT molecular complexity index is 521. The minimum atomic E-state index is -2.40. The van der Waals surface area contributed by atoms with Crippen molar-refractivity contribution in [2.75, 3.05) is 5.32 Å². The predicted molar refractivity (Wildman–Crippen MR) is 74.5 cm³/mol. The first-order valence-corrected chi connectivity index (χ1v) is 6.39. The maximum Gasteiger partial charge on any atom is 0.263 e. The van der Waals surface area contributed by atoms with E-state index < -0.39 is 6.43 Å². The molecule has 0 unspecified atom stereocenters. The highest BCUT2D eigenvalue weighted by Gasteiger charge is 2.06. The molecule has 0 bridgehead atoms. The van der Waals surface area contributed by atoms with Crippen LogP contribution in [-0.2, 0) is 13.0 Å². The van der Waals surface area contributed by atoms with Crippen molar-refractivity contribution in [2.24, 2.45) is 0 Å². The molecule has 1 nitrogen and oxygen atoms in total. The number of rotatable bonds is 5. The van der Waals surface area contributed by atoms with Crippen LogP contribution in [0.15, 0.2) is 48.5 Å². The Morgan fingerprint density at radius 2 is 1.68 bits per heavy atom. The molecule has 1 N–H and O–H groups in total. The third-order valence-electron chi connectivity index (χ3n) is 3.11. The minimum absolute atomic E-state index is 0.0673. The molecule has 0 aliphatic rings. The molecule has 0 atom stereocenters. The van der Waals surface area contributed by atoms with Crippen LogP contribution >= 0.6 is 0 Å². The summed E-state index contributed by atoms with van der Waals surface area (Å²) in [6, 6.07) is 14.6. The largest absolute Gasteiger partial charge is 0.381 e. The molecule has 0 saturated heterocycles. The van der Waals surface area contributed by atoms with Crippen LogP contribution in [0.3, 0.4) is 0 Å². The molecule has 0 aliphatic heterocycles. The van der Waals surface area contributed by atoms with Crippen LogP contribution in [0.4, 0.5) is 14.5 Å². The first-order valence-electron chi connectivity index (χ1n) is 6.39. The second-order valence-corrected chi connectivity index (χ2v) is 4.41. The van der Waals surface area contributed by atoms with Crippen molar-refractivity contribution in [3.05, 3.63) is 65.2 Å². The Hall–Kier alpha value is -1.90. The van der Waals surface area contributed by atoms with Crippen LogP contribution in [0, 0.1) is 0 Å². The molecule has 3 heteroatoms. The van der Waals surface area contributed by atoms with E-state index >= 15 is 0 Å². The first kappa shape index (κ1) is 13.5. The van der Waals surface area contributed by atoms with Crippen molar-refractivity contribution in [3.63, 3.8) is 0 Å². The van der Waals surface area contributed by atoms with Crippen molar-refractivity contribution in [1.82, 2.24) is 0 Å². The maximum absolute atomic E-state index is 12.4. The number of anilines is 1. The van der Waals surface area contributed by atoms with Gasteiger partial charge in [0.2, 0.25) is 0 Å². The van der Waals surface area contributed by atoms with Gasteiger partial charge in [-0.05, 0) is 23.6 Å². The van der Waals surface area contributed by atoms with Crippen LogP contribution in [0.2, 0.25) is 0 Å². The molecule has 2 aromatic rings. The third-order valence-corrected chi connectivity index (χ3v) is 3.11. The normalized spacial score (nSPS) is 10.7. The van der Waals surface area contributed by atoms with E-state index in [0.29, 0.717) is 6.54 Å². The molecule has 100 valence electrons. The zero-order chi connectivity index (χ0) is 13.7. The lowest BCUT2D eigenvalue weighted by molar-refractivity contribution is 0.151. The molecule has 0 amide bonds. The Kier molecular flexibility index (Phi) is 4.50. The quantitative estimate of drug-likeness (QED) is 0.815. The zero-order valence-corrected chi connectivity index (χ0v) is 10.9. The molecule has 0 fully saturated rings. The highest BCUT2D eigenvalue weighted by atomic mass is 19.3. The molecule has 0 heterocycles. The van der Waals surface area contributed by atoms with E-state index in [1.165, 1.54) is 17.7 Å². The molecule has 0 spiro atoms. The smallest absolute Gasteiger partial charge is 0.263 e. The molecule has 19 heavy (non-hydrogen) atoms. The Balaban J connectivity index is 2.02. The van der Waals surface area contributed by atoms with Gasteiger partial charge < -0.3 is 5.32 Å². The molecule has 2 aromatic carbocycles. The van der Waals surface area contributed by atoms with Gasteiger partial charge in [0, 0.05) is 17.8 Å². The molecular weight excluding hydrogens is 244 g/mol. The summed E-state index contributed by atoms with van der Waals surface area (Å²) in [6.07, 6.45) is -1.43. The van der Waals surface area contributed by atoms with Gasteiger partial charge in [-0.1, -0.05) is 49.4 Å². The summed E-state index contributed by atoms with van der Waals surface area (Å²) >= 11 is 0. The molecule has 2 rings (SSSR count). The van der Waals surface area contributed by atoms with Crippen molar-refractivity contribution < 1.29 is 8.78 Å². The standard InChI is InChI=1S/C16H17F2N/c1-2-13-5-3-4-6-15(13)19-11-12-7-9-14(10-8-12)16(17)18/h3-10,16,19H,2,11H2,1H3. The summed E-state index contributed by atoms with van der Waals surface area (Å²) in [6.45, 7) is 2.75. The number of nitrogens with one attached hydrogen (secondary N) is 1. The Morgan fingerprint density at radius 1 is 1.00 bits per heavy atom. The number of alkyl halides is 2. The van der Waals surface area contributed by atoms with Gasteiger partial charge >= 0.3 is 0 Å². The maximum atomic E-state index is 12.4.